The summed E-state index contributed by atoms with van der Waals surface area (Å²) < 4.78 is 4.62. The van der Waals surface area contributed by atoms with Crippen molar-refractivity contribution in [3.63, 3.8) is 0 Å². The Labute approximate surface area is 164 Å². The number of hydrogen-bond acceptors (Lipinski definition) is 4. The fourth-order valence-electron chi connectivity index (χ4n) is 2.27. The molecule has 2 aromatic rings. The van der Waals surface area contributed by atoms with Crippen LogP contribution in [-0.2, 0) is 16.1 Å². The van der Waals surface area contributed by atoms with Gasteiger partial charge in [-0.2, -0.15) is 0 Å². The first kappa shape index (κ1) is 20.9. The second-order valence-corrected chi connectivity index (χ2v) is 5.27. The van der Waals surface area contributed by atoms with Crippen molar-refractivity contribution in [3.05, 3.63) is 42.4 Å². The summed E-state index contributed by atoms with van der Waals surface area (Å²) in [5, 5.41) is 3.13. The molecule has 0 saturated carbocycles. The summed E-state index contributed by atoms with van der Waals surface area (Å²) in [5.74, 6) is 1.28. The largest absolute Gasteiger partial charge is 0.469 e. The van der Waals surface area contributed by atoms with Gasteiger partial charge in [-0.25, -0.2) is 4.98 Å². The summed E-state index contributed by atoms with van der Waals surface area (Å²) in [6, 6.07) is 10.0. The number of esters is 1. The third kappa shape index (κ3) is 6.37. The molecule has 0 fully saturated rings. The number of nitrogens with zero attached hydrogens (tertiary/aromatic N) is 3. The van der Waals surface area contributed by atoms with Crippen LogP contribution in [0.25, 0.3) is 11.3 Å². The van der Waals surface area contributed by atoms with Gasteiger partial charge in [0.15, 0.2) is 5.96 Å². The zero-order chi connectivity index (χ0) is 17.4. The highest BCUT2D eigenvalue weighted by Crippen LogP contribution is 2.16. The van der Waals surface area contributed by atoms with Crippen molar-refractivity contribution in [2.24, 2.45) is 4.99 Å². The van der Waals surface area contributed by atoms with Crippen LogP contribution in [0.2, 0.25) is 0 Å². The number of benzene rings is 1. The number of carbonyl (C=O) groups excluding carboxylic acids is 1. The molecule has 0 aliphatic heterocycles. The minimum atomic E-state index is -0.251. The van der Waals surface area contributed by atoms with Crippen molar-refractivity contribution in [2.75, 3.05) is 27.7 Å². The summed E-state index contributed by atoms with van der Waals surface area (Å²) in [5.41, 5.74) is 2.08. The van der Waals surface area contributed by atoms with Crippen molar-refractivity contribution in [2.45, 2.75) is 13.0 Å². The highest BCUT2D eigenvalue weighted by molar-refractivity contribution is 14.0. The van der Waals surface area contributed by atoms with E-state index >= 15 is 0 Å². The highest BCUT2D eigenvalue weighted by atomic mass is 127. The van der Waals surface area contributed by atoms with E-state index in [1.54, 1.807) is 7.05 Å². The van der Waals surface area contributed by atoms with E-state index in [4.69, 9.17) is 0 Å². The molecule has 1 aromatic heterocycles. The molecule has 0 bridgehead atoms. The lowest BCUT2D eigenvalue weighted by molar-refractivity contribution is -0.140. The standard InChI is InChI=1S/C17H23N5O2.HI/c1-18-17(19-10-9-16(23)24-3)22(2)12-15-20-11-14(21-15)13-7-5-4-6-8-13;/h4-8,11H,9-10,12H2,1-3H3,(H,18,19)(H,20,21);1H. The van der Waals surface area contributed by atoms with E-state index in [1.165, 1.54) is 7.11 Å². The molecule has 0 unspecified atom stereocenters. The first-order chi connectivity index (χ1) is 11.6. The SMILES string of the molecule is CN=C(NCCC(=O)OC)N(C)Cc1ncc(-c2ccccc2)[nH]1.I. The van der Waals surface area contributed by atoms with Crippen molar-refractivity contribution >= 4 is 35.9 Å². The first-order valence-corrected chi connectivity index (χ1v) is 7.72. The molecule has 0 aliphatic carbocycles. The molecule has 0 amide bonds. The number of hydrogen-bond donors (Lipinski definition) is 2. The van der Waals surface area contributed by atoms with Gasteiger partial charge in [-0.1, -0.05) is 30.3 Å². The van der Waals surface area contributed by atoms with E-state index in [0.29, 0.717) is 25.5 Å². The van der Waals surface area contributed by atoms with Gasteiger partial charge >= 0.3 is 5.97 Å². The highest BCUT2D eigenvalue weighted by Gasteiger charge is 2.10. The maximum absolute atomic E-state index is 11.1. The van der Waals surface area contributed by atoms with Crippen molar-refractivity contribution in [1.82, 2.24) is 20.2 Å². The van der Waals surface area contributed by atoms with Crippen molar-refractivity contribution in [3.8, 4) is 11.3 Å². The summed E-state index contributed by atoms with van der Waals surface area (Å²) >= 11 is 0. The third-order valence-electron chi connectivity index (χ3n) is 3.51. The molecule has 1 heterocycles. The summed E-state index contributed by atoms with van der Waals surface area (Å²) in [7, 11) is 5.00. The number of halogens is 1. The Balaban J connectivity index is 0.00000312. The Kier molecular flexibility index (Phi) is 8.96. The smallest absolute Gasteiger partial charge is 0.307 e. The lowest BCUT2D eigenvalue weighted by Gasteiger charge is -2.20. The van der Waals surface area contributed by atoms with E-state index in [1.807, 2.05) is 48.5 Å². The molecule has 7 nitrogen and oxygen atoms in total. The second-order valence-electron chi connectivity index (χ2n) is 5.27. The van der Waals surface area contributed by atoms with E-state index in [2.05, 4.69) is 25.0 Å². The van der Waals surface area contributed by atoms with Crippen LogP contribution >= 0.6 is 24.0 Å². The molecule has 0 aliphatic rings. The lowest BCUT2D eigenvalue weighted by atomic mass is 10.2. The number of aliphatic imine (C=N–C) groups is 1. The molecule has 1 aromatic carbocycles. The normalized spacial score (nSPS) is 10.8. The lowest BCUT2D eigenvalue weighted by Crippen LogP contribution is -2.39. The van der Waals surface area contributed by atoms with Crippen LogP contribution in [0.5, 0.6) is 0 Å². The summed E-state index contributed by atoms with van der Waals surface area (Å²) in [6.07, 6.45) is 2.12. The number of nitrogens with one attached hydrogen (secondary N) is 2. The number of carbonyl (C=O) groups is 1. The number of guanidine groups is 1. The number of aromatic amines is 1. The second kappa shape index (κ2) is 10.7. The number of H-pyrrole nitrogens is 1. The molecule has 25 heavy (non-hydrogen) atoms. The Bertz CT molecular complexity index is 687. The van der Waals surface area contributed by atoms with Crippen LogP contribution in [0.3, 0.4) is 0 Å². The van der Waals surface area contributed by atoms with E-state index in [9.17, 15) is 4.79 Å². The van der Waals surface area contributed by atoms with Crippen molar-refractivity contribution < 1.29 is 9.53 Å². The quantitative estimate of drug-likeness (QED) is 0.301. The topological polar surface area (TPSA) is 82.6 Å². The molecule has 2 rings (SSSR count). The monoisotopic (exact) mass is 457 g/mol. The third-order valence-corrected chi connectivity index (χ3v) is 3.51. The first-order valence-electron chi connectivity index (χ1n) is 7.72. The summed E-state index contributed by atoms with van der Waals surface area (Å²) in [4.78, 5) is 25.0. The zero-order valence-corrected chi connectivity index (χ0v) is 17.0. The van der Waals surface area contributed by atoms with Crippen LogP contribution in [0.1, 0.15) is 12.2 Å². The Hall–Kier alpha value is -2.10. The van der Waals surface area contributed by atoms with Crippen LogP contribution in [-0.4, -0.2) is 54.5 Å². The molecule has 0 spiro atoms. The predicted molar refractivity (Wildman–Crippen MR) is 109 cm³/mol. The Morgan fingerprint density at radius 2 is 2.08 bits per heavy atom. The molecule has 136 valence electrons. The fourth-order valence-corrected chi connectivity index (χ4v) is 2.27. The van der Waals surface area contributed by atoms with E-state index in [-0.39, 0.29) is 29.9 Å². The van der Waals surface area contributed by atoms with E-state index < -0.39 is 0 Å². The number of rotatable bonds is 6. The van der Waals surface area contributed by atoms with Crippen LogP contribution in [0, 0.1) is 0 Å². The van der Waals surface area contributed by atoms with Gasteiger partial charge in [0.25, 0.3) is 0 Å². The van der Waals surface area contributed by atoms with Gasteiger partial charge in [-0.05, 0) is 5.56 Å². The molecule has 2 N–H and O–H groups in total. The number of aromatic nitrogens is 2. The fraction of sp³-hybridized carbons (Fsp3) is 0.353. The molecule has 8 heteroatoms. The number of ether oxygens (including phenoxy) is 1. The molecule has 0 radical (unpaired) electrons. The van der Waals surface area contributed by atoms with Gasteiger partial charge < -0.3 is 19.9 Å². The molecular formula is C17H24IN5O2. The number of imidazole rings is 1. The van der Waals surface area contributed by atoms with Gasteiger partial charge in [0.05, 0.1) is 32.0 Å². The zero-order valence-electron chi connectivity index (χ0n) is 14.7. The minimum absolute atomic E-state index is 0. The van der Waals surface area contributed by atoms with Gasteiger partial charge in [0.1, 0.15) is 5.82 Å². The Morgan fingerprint density at radius 3 is 2.72 bits per heavy atom. The van der Waals surface area contributed by atoms with Crippen LogP contribution in [0.15, 0.2) is 41.5 Å². The van der Waals surface area contributed by atoms with Gasteiger partial charge in [0.2, 0.25) is 0 Å². The summed E-state index contributed by atoms with van der Waals surface area (Å²) in [6.45, 7) is 1.04. The van der Waals surface area contributed by atoms with Crippen LogP contribution in [0.4, 0.5) is 0 Å². The minimum Gasteiger partial charge on any atom is -0.469 e. The molecule has 0 atom stereocenters. The molecule has 0 saturated heterocycles. The van der Waals surface area contributed by atoms with Gasteiger partial charge in [0, 0.05) is 20.6 Å². The van der Waals surface area contributed by atoms with Gasteiger partial charge in [-0.15, -0.1) is 24.0 Å². The maximum Gasteiger partial charge on any atom is 0.307 e. The maximum atomic E-state index is 11.1. The average Bonchev–Trinajstić information content (AvgIpc) is 3.07. The molecular weight excluding hydrogens is 433 g/mol. The van der Waals surface area contributed by atoms with Crippen molar-refractivity contribution in [1.29, 1.82) is 0 Å². The van der Waals surface area contributed by atoms with E-state index in [0.717, 1.165) is 17.1 Å². The van der Waals surface area contributed by atoms with Crippen LogP contribution < -0.4 is 5.32 Å². The van der Waals surface area contributed by atoms with Gasteiger partial charge in [-0.3, -0.25) is 9.79 Å². The average molecular weight is 457 g/mol. The Morgan fingerprint density at radius 1 is 1.36 bits per heavy atom. The predicted octanol–water partition coefficient (Wildman–Crippen LogP) is 2.27. The number of methoxy groups -OCH3 is 1.